The maximum Gasteiger partial charge on any atom is 0.247 e. The molecule has 0 spiro atoms. The Labute approximate surface area is 204 Å². The first kappa shape index (κ1) is 25.3. The van der Waals surface area contributed by atoms with Gasteiger partial charge in [0.1, 0.15) is 17.5 Å². The highest BCUT2D eigenvalue weighted by Crippen LogP contribution is 2.26. The Hall–Kier alpha value is -3.36. The zero-order valence-electron chi connectivity index (χ0n) is 19.7. The summed E-state index contributed by atoms with van der Waals surface area (Å²) in [6, 6.07) is 17.7. The minimum atomic E-state index is -0.837. The van der Waals surface area contributed by atoms with Crippen LogP contribution >= 0.6 is 11.3 Å². The van der Waals surface area contributed by atoms with Crippen LogP contribution in [0, 0.1) is 0 Å². The van der Waals surface area contributed by atoms with Crippen LogP contribution < -0.4 is 14.8 Å². The van der Waals surface area contributed by atoms with Crippen LogP contribution in [0.15, 0.2) is 66.0 Å². The molecule has 0 bridgehead atoms. The molecule has 3 rings (SSSR count). The molecule has 8 heteroatoms. The van der Waals surface area contributed by atoms with E-state index in [-0.39, 0.29) is 24.8 Å². The third-order valence-electron chi connectivity index (χ3n) is 5.36. The number of hydrogen-bond donors (Lipinski definition) is 1. The highest BCUT2D eigenvalue weighted by Gasteiger charge is 2.31. The van der Waals surface area contributed by atoms with Crippen LogP contribution in [-0.4, -0.2) is 51.2 Å². The summed E-state index contributed by atoms with van der Waals surface area (Å²) in [6.07, 6.45) is 0.216. The molecule has 7 nitrogen and oxygen atoms in total. The van der Waals surface area contributed by atoms with Gasteiger partial charge in [0.05, 0.1) is 27.2 Å². The molecule has 2 aromatic carbocycles. The molecule has 0 aliphatic carbocycles. The number of amides is 2. The van der Waals surface area contributed by atoms with Crippen molar-refractivity contribution in [2.45, 2.75) is 19.0 Å². The maximum atomic E-state index is 13.5. The normalized spacial score (nSPS) is 11.5. The van der Waals surface area contributed by atoms with Crippen LogP contribution in [0.3, 0.4) is 0 Å². The van der Waals surface area contributed by atoms with Crippen LogP contribution in [0.4, 0.5) is 0 Å². The van der Waals surface area contributed by atoms with Gasteiger partial charge < -0.3 is 24.4 Å². The van der Waals surface area contributed by atoms with Crippen LogP contribution in [0.1, 0.15) is 22.0 Å². The fourth-order valence-electron chi connectivity index (χ4n) is 3.56. The first-order valence-corrected chi connectivity index (χ1v) is 11.8. The fourth-order valence-corrected chi connectivity index (χ4v) is 4.26. The number of carbonyl (C=O) groups is 2. The predicted molar refractivity (Wildman–Crippen MR) is 132 cm³/mol. The van der Waals surface area contributed by atoms with Crippen molar-refractivity contribution < 1.29 is 23.8 Å². The Morgan fingerprint density at radius 2 is 1.74 bits per heavy atom. The lowest BCUT2D eigenvalue weighted by Gasteiger charge is -2.31. The molecule has 3 aromatic rings. The molecule has 0 radical (unpaired) electrons. The molecule has 0 saturated heterocycles. The predicted octanol–water partition coefficient (Wildman–Crippen LogP) is 3.84. The highest BCUT2D eigenvalue weighted by molar-refractivity contribution is 7.10. The Bertz CT molecular complexity index is 1050. The average Bonchev–Trinajstić information content (AvgIpc) is 3.38. The van der Waals surface area contributed by atoms with Crippen molar-refractivity contribution in [3.63, 3.8) is 0 Å². The summed E-state index contributed by atoms with van der Waals surface area (Å²) in [5.41, 5.74) is 1.59. The number of rotatable bonds is 12. The van der Waals surface area contributed by atoms with Crippen molar-refractivity contribution in [1.82, 2.24) is 10.2 Å². The molecule has 0 aliphatic rings. The van der Waals surface area contributed by atoms with E-state index in [2.05, 4.69) is 5.32 Å². The number of hydrogen-bond acceptors (Lipinski definition) is 6. The zero-order valence-corrected chi connectivity index (χ0v) is 20.5. The minimum Gasteiger partial charge on any atom is -0.497 e. The quantitative estimate of drug-likeness (QED) is 0.425. The number of nitrogens with one attached hydrogen (secondary N) is 1. The Morgan fingerprint density at radius 1 is 0.971 bits per heavy atom. The molecular weight excluding hydrogens is 452 g/mol. The van der Waals surface area contributed by atoms with Gasteiger partial charge in [0, 0.05) is 25.1 Å². The number of benzene rings is 2. The summed E-state index contributed by atoms with van der Waals surface area (Å²) in [5.74, 6) is 0.934. The standard InChI is InChI=1S/C26H30N2O5S/c1-31-14-13-28(24(29)17-23-8-5-15-34-23)25(20-6-4-7-22(16-20)33-3)26(30)27-18-19-9-11-21(32-2)12-10-19/h4-12,15-16,25H,13-14,17-18H2,1-3H3,(H,27,30)/t25-/m1/s1. The number of nitrogens with zero attached hydrogens (tertiary/aromatic N) is 1. The summed E-state index contributed by atoms with van der Waals surface area (Å²) in [7, 11) is 4.76. The zero-order chi connectivity index (χ0) is 24.3. The summed E-state index contributed by atoms with van der Waals surface area (Å²) >= 11 is 1.52. The van der Waals surface area contributed by atoms with Crippen LogP contribution in [0.2, 0.25) is 0 Å². The number of ether oxygens (including phenoxy) is 3. The van der Waals surface area contributed by atoms with E-state index in [4.69, 9.17) is 14.2 Å². The first-order chi connectivity index (χ1) is 16.5. The van der Waals surface area contributed by atoms with Gasteiger partial charge in [-0.2, -0.15) is 0 Å². The molecular formula is C26H30N2O5S. The topological polar surface area (TPSA) is 77.1 Å². The lowest BCUT2D eigenvalue weighted by molar-refractivity contribution is -0.141. The van der Waals surface area contributed by atoms with Gasteiger partial charge in [-0.05, 0) is 46.8 Å². The molecule has 0 unspecified atom stereocenters. The SMILES string of the molecule is COCCN(C(=O)Cc1cccs1)[C@@H](C(=O)NCc1ccc(OC)cc1)c1cccc(OC)c1. The van der Waals surface area contributed by atoms with Gasteiger partial charge in [-0.3, -0.25) is 9.59 Å². The number of methoxy groups -OCH3 is 3. The maximum absolute atomic E-state index is 13.5. The van der Waals surface area contributed by atoms with Gasteiger partial charge in [0.2, 0.25) is 11.8 Å². The van der Waals surface area contributed by atoms with E-state index < -0.39 is 6.04 Å². The third-order valence-corrected chi connectivity index (χ3v) is 6.23. The third kappa shape index (κ3) is 6.82. The van der Waals surface area contributed by atoms with Crippen molar-refractivity contribution in [2.75, 3.05) is 34.5 Å². The molecule has 1 N–H and O–H groups in total. The van der Waals surface area contributed by atoms with E-state index in [0.29, 0.717) is 24.5 Å². The molecule has 34 heavy (non-hydrogen) atoms. The molecule has 0 saturated carbocycles. The van der Waals surface area contributed by atoms with E-state index in [1.165, 1.54) is 11.3 Å². The largest absolute Gasteiger partial charge is 0.497 e. The van der Waals surface area contributed by atoms with Crippen molar-refractivity contribution >= 4 is 23.2 Å². The van der Waals surface area contributed by atoms with Gasteiger partial charge in [-0.15, -0.1) is 11.3 Å². The van der Waals surface area contributed by atoms with Crippen LogP contribution in [-0.2, 0) is 27.3 Å². The van der Waals surface area contributed by atoms with Crippen molar-refractivity contribution in [3.8, 4) is 11.5 Å². The second-order valence-electron chi connectivity index (χ2n) is 7.58. The van der Waals surface area contributed by atoms with Crippen LogP contribution in [0.25, 0.3) is 0 Å². The molecule has 180 valence electrons. The lowest BCUT2D eigenvalue weighted by atomic mass is 10.0. The van der Waals surface area contributed by atoms with E-state index in [9.17, 15) is 9.59 Å². The Morgan fingerprint density at radius 3 is 2.38 bits per heavy atom. The molecule has 0 aliphatic heterocycles. The molecule has 2 amide bonds. The van der Waals surface area contributed by atoms with Crippen molar-refractivity contribution in [2.24, 2.45) is 0 Å². The fraction of sp³-hybridized carbons (Fsp3) is 0.308. The smallest absolute Gasteiger partial charge is 0.247 e. The average molecular weight is 483 g/mol. The van der Waals surface area contributed by atoms with Crippen molar-refractivity contribution in [3.05, 3.63) is 82.0 Å². The van der Waals surface area contributed by atoms with E-state index in [1.807, 2.05) is 60.0 Å². The van der Waals surface area contributed by atoms with E-state index in [1.54, 1.807) is 32.3 Å². The second kappa shape index (κ2) is 12.8. The van der Waals surface area contributed by atoms with Gasteiger partial charge >= 0.3 is 0 Å². The molecule has 1 aromatic heterocycles. The van der Waals surface area contributed by atoms with E-state index in [0.717, 1.165) is 16.2 Å². The monoisotopic (exact) mass is 482 g/mol. The molecule has 1 atom stereocenters. The number of carbonyl (C=O) groups excluding carboxylic acids is 2. The van der Waals surface area contributed by atoms with Crippen LogP contribution in [0.5, 0.6) is 11.5 Å². The highest BCUT2D eigenvalue weighted by atomic mass is 32.1. The molecule has 0 fully saturated rings. The van der Waals surface area contributed by atoms with Crippen molar-refractivity contribution in [1.29, 1.82) is 0 Å². The minimum absolute atomic E-state index is 0.146. The van der Waals surface area contributed by atoms with Gasteiger partial charge in [-0.25, -0.2) is 0 Å². The van der Waals surface area contributed by atoms with Gasteiger partial charge in [0.15, 0.2) is 0 Å². The second-order valence-corrected chi connectivity index (χ2v) is 8.61. The van der Waals surface area contributed by atoms with E-state index >= 15 is 0 Å². The Kier molecular flexibility index (Phi) is 9.49. The van der Waals surface area contributed by atoms with Gasteiger partial charge in [0.25, 0.3) is 0 Å². The lowest BCUT2D eigenvalue weighted by Crippen LogP contribution is -2.45. The summed E-state index contributed by atoms with van der Waals surface area (Å²) < 4.78 is 15.8. The number of thiophene rings is 1. The first-order valence-electron chi connectivity index (χ1n) is 10.9. The molecule has 1 heterocycles. The van der Waals surface area contributed by atoms with Gasteiger partial charge in [-0.1, -0.05) is 30.3 Å². The summed E-state index contributed by atoms with van der Waals surface area (Å²) in [5, 5.41) is 4.92. The Balaban J connectivity index is 1.88. The summed E-state index contributed by atoms with van der Waals surface area (Å²) in [4.78, 5) is 29.5. The summed E-state index contributed by atoms with van der Waals surface area (Å²) in [6.45, 7) is 0.904.